The first-order valence-corrected chi connectivity index (χ1v) is 4.82. The molecule has 0 saturated carbocycles. The lowest BCUT2D eigenvalue weighted by Gasteiger charge is -2.07. The number of aromatic hydroxyl groups is 1. The summed E-state index contributed by atoms with van der Waals surface area (Å²) in [5.41, 5.74) is 1.44. The maximum Gasteiger partial charge on any atom is 0.215 e. The second-order valence-corrected chi connectivity index (χ2v) is 3.92. The number of pyridine rings is 2. The van der Waals surface area contributed by atoms with Crippen LogP contribution >= 0.6 is 12.6 Å². The van der Waals surface area contributed by atoms with Gasteiger partial charge in [-0.25, -0.2) is 4.98 Å². The molecule has 0 saturated heterocycles. The van der Waals surface area contributed by atoms with E-state index in [4.69, 9.17) is 0 Å². The van der Waals surface area contributed by atoms with E-state index in [1.54, 1.807) is 12.4 Å². The average molecular weight is 206 g/mol. The molecule has 0 aliphatic rings. The molecule has 14 heavy (non-hydrogen) atoms. The number of thiol groups is 1. The van der Waals surface area contributed by atoms with Crippen LogP contribution in [-0.2, 0) is 0 Å². The quantitative estimate of drug-likeness (QED) is 0.704. The molecule has 0 spiro atoms. The molecule has 2 heterocycles. The van der Waals surface area contributed by atoms with Crippen molar-refractivity contribution in [3.05, 3.63) is 30.1 Å². The predicted molar refractivity (Wildman–Crippen MR) is 58.6 cm³/mol. The van der Waals surface area contributed by atoms with Crippen LogP contribution in [0.15, 0.2) is 24.5 Å². The van der Waals surface area contributed by atoms with E-state index in [1.165, 1.54) is 0 Å². The highest BCUT2D eigenvalue weighted by atomic mass is 32.1. The molecule has 0 aliphatic carbocycles. The van der Waals surface area contributed by atoms with Crippen LogP contribution in [0.2, 0.25) is 0 Å². The number of fused-ring (bicyclic) bond motifs is 1. The van der Waals surface area contributed by atoms with E-state index in [2.05, 4.69) is 22.6 Å². The Bertz CT molecular complexity index is 471. The highest BCUT2D eigenvalue weighted by Crippen LogP contribution is 2.29. The highest BCUT2D eigenvalue weighted by Gasteiger charge is 2.09. The van der Waals surface area contributed by atoms with E-state index < -0.39 is 0 Å². The summed E-state index contributed by atoms with van der Waals surface area (Å²) in [6, 6.07) is 3.75. The number of hydrogen-bond donors (Lipinski definition) is 2. The first-order valence-electron chi connectivity index (χ1n) is 4.30. The minimum absolute atomic E-state index is 0.0277. The fourth-order valence-electron chi connectivity index (χ4n) is 1.33. The molecule has 0 bridgehead atoms. The monoisotopic (exact) mass is 206 g/mol. The summed E-state index contributed by atoms with van der Waals surface area (Å²) in [5.74, 6) is 0.0352. The Kier molecular flexibility index (Phi) is 2.29. The number of nitrogens with zero attached hydrogens (tertiary/aromatic N) is 2. The van der Waals surface area contributed by atoms with E-state index in [0.717, 1.165) is 10.9 Å². The first-order chi connectivity index (χ1) is 6.68. The molecule has 2 aromatic rings. The van der Waals surface area contributed by atoms with Gasteiger partial charge in [-0.3, -0.25) is 4.98 Å². The van der Waals surface area contributed by atoms with Crippen molar-refractivity contribution in [2.75, 3.05) is 0 Å². The Balaban J connectivity index is 2.71. The molecule has 0 amide bonds. The zero-order valence-corrected chi connectivity index (χ0v) is 8.57. The normalized spacial score (nSPS) is 13.0. The van der Waals surface area contributed by atoms with E-state index in [9.17, 15) is 5.11 Å². The molecule has 1 unspecified atom stereocenters. The van der Waals surface area contributed by atoms with Crippen molar-refractivity contribution in [1.29, 1.82) is 0 Å². The molecule has 4 heteroatoms. The standard InChI is InChI=1S/C10H10N2OS/c1-6(14)8-4-7-2-3-11-5-9(7)12-10(8)13/h2-6,14H,1H3,(H,12,13). The third-order valence-corrected chi connectivity index (χ3v) is 2.36. The fraction of sp³-hybridized carbons (Fsp3) is 0.200. The van der Waals surface area contributed by atoms with Crippen LogP contribution in [-0.4, -0.2) is 15.1 Å². The Labute approximate surface area is 87.2 Å². The molecular formula is C10H10N2OS. The van der Waals surface area contributed by atoms with Gasteiger partial charge in [-0.1, -0.05) is 0 Å². The molecule has 72 valence electrons. The Morgan fingerprint density at radius 1 is 1.50 bits per heavy atom. The second-order valence-electron chi connectivity index (χ2n) is 3.15. The minimum atomic E-state index is -0.0277. The van der Waals surface area contributed by atoms with Gasteiger partial charge in [-0.05, 0) is 19.1 Å². The van der Waals surface area contributed by atoms with E-state index in [1.807, 2.05) is 19.1 Å². The summed E-state index contributed by atoms with van der Waals surface area (Å²) >= 11 is 4.27. The second kappa shape index (κ2) is 3.46. The number of rotatable bonds is 1. The third-order valence-electron chi connectivity index (χ3n) is 2.08. The zero-order chi connectivity index (χ0) is 10.1. The molecule has 2 aromatic heterocycles. The SMILES string of the molecule is CC(S)c1cc2ccncc2nc1O. The summed E-state index contributed by atoms with van der Waals surface area (Å²) in [4.78, 5) is 7.98. The van der Waals surface area contributed by atoms with Gasteiger partial charge in [-0.15, -0.1) is 0 Å². The largest absolute Gasteiger partial charge is 0.493 e. The van der Waals surface area contributed by atoms with Crippen molar-refractivity contribution in [2.45, 2.75) is 12.2 Å². The van der Waals surface area contributed by atoms with Crippen molar-refractivity contribution < 1.29 is 5.11 Å². The van der Waals surface area contributed by atoms with Crippen LogP contribution in [0.4, 0.5) is 0 Å². The average Bonchev–Trinajstić information content (AvgIpc) is 2.16. The van der Waals surface area contributed by atoms with Gasteiger partial charge in [0, 0.05) is 22.4 Å². The highest BCUT2D eigenvalue weighted by molar-refractivity contribution is 7.80. The third kappa shape index (κ3) is 1.53. The van der Waals surface area contributed by atoms with Crippen LogP contribution in [0.5, 0.6) is 5.88 Å². The maximum absolute atomic E-state index is 9.59. The van der Waals surface area contributed by atoms with Gasteiger partial charge >= 0.3 is 0 Å². The molecule has 1 N–H and O–H groups in total. The summed E-state index contributed by atoms with van der Waals surface area (Å²) in [6.07, 6.45) is 3.33. The summed E-state index contributed by atoms with van der Waals surface area (Å²) in [5, 5.41) is 10.5. The van der Waals surface area contributed by atoms with Gasteiger partial charge < -0.3 is 5.11 Å². The molecule has 1 atom stereocenters. The molecule has 0 radical (unpaired) electrons. The molecule has 0 aromatic carbocycles. The topological polar surface area (TPSA) is 46.0 Å². The predicted octanol–water partition coefficient (Wildman–Crippen LogP) is 2.33. The fourth-order valence-corrected chi connectivity index (χ4v) is 1.52. The molecule has 3 nitrogen and oxygen atoms in total. The lowest BCUT2D eigenvalue weighted by atomic mass is 10.1. The lowest BCUT2D eigenvalue weighted by molar-refractivity contribution is 0.449. The van der Waals surface area contributed by atoms with E-state index in [-0.39, 0.29) is 11.1 Å². The summed E-state index contributed by atoms with van der Waals surface area (Å²) < 4.78 is 0. The summed E-state index contributed by atoms with van der Waals surface area (Å²) in [7, 11) is 0. The Morgan fingerprint density at radius 3 is 3.00 bits per heavy atom. The van der Waals surface area contributed by atoms with Crippen molar-refractivity contribution in [1.82, 2.24) is 9.97 Å². The number of aromatic nitrogens is 2. The molecular weight excluding hydrogens is 196 g/mol. The van der Waals surface area contributed by atoms with Gasteiger partial charge in [-0.2, -0.15) is 12.6 Å². The van der Waals surface area contributed by atoms with Gasteiger partial charge in [0.2, 0.25) is 5.88 Å². The minimum Gasteiger partial charge on any atom is -0.493 e. The molecule has 2 rings (SSSR count). The van der Waals surface area contributed by atoms with Crippen LogP contribution in [0, 0.1) is 0 Å². The zero-order valence-electron chi connectivity index (χ0n) is 7.68. The van der Waals surface area contributed by atoms with Crippen molar-refractivity contribution in [3.63, 3.8) is 0 Å². The lowest BCUT2D eigenvalue weighted by Crippen LogP contribution is -1.90. The van der Waals surface area contributed by atoms with Gasteiger partial charge in [0.1, 0.15) is 0 Å². The molecule has 0 fully saturated rings. The van der Waals surface area contributed by atoms with Crippen molar-refractivity contribution in [3.8, 4) is 5.88 Å². The summed E-state index contributed by atoms with van der Waals surface area (Å²) in [6.45, 7) is 1.90. The van der Waals surface area contributed by atoms with Crippen molar-refractivity contribution in [2.24, 2.45) is 0 Å². The van der Waals surface area contributed by atoms with Crippen LogP contribution in [0.1, 0.15) is 17.7 Å². The van der Waals surface area contributed by atoms with Gasteiger partial charge in [0.15, 0.2) is 0 Å². The molecule has 0 aliphatic heterocycles. The van der Waals surface area contributed by atoms with Crippen LogP contribution in [0.25, 0.3) is 10.9 Å². The maximum atomic E-state index is 9.59. The Morgan fingerprint density at radius 2 is 2.29 bits per heavy atom. The smallest absolute Gasteiger partial charge is 0.215 e. The Hall–Kier alpha value is -1.29. The van der Waals surface area contributed by atoms with Crippen LogP contribution < -0.4 is 0 Å². The van der Waals surface area contributed by atoms with Crippen molar-refractivity contribution >= 4 is 23.5 Å². The van der Waals surface area contributed by atoms with Crippen LogP contribution in [0.3, 0.4) is 0 Å². The van der Waals surface area contributed by atoms with Gasteiger partial charge in [0.05, 0.1) is 11.7 Å². The van der Waals surface area contributed by atoms with Gasteiger partial charge in [0.25, 0.3) is 0 Å². The number of hydrogen-bond acceptors (Lipinski definition) is 4. The first kappa shape index (κ1) is 9.27. The van der Waals surface area contributed by atoms with E-state index in [0.29, 0.717) is 5.52 Å². The van der Waals surface area contributed by atoms with E-state index >= 15 is 0 Å².